The maximum atomic E-state index is 12.8. The second kappa shape index (κ2) is 7.01. The number of carbonyl (C=O) groups excluding carboxylic acids is 1. The van der Waals surface area contributed by atoms with Crippen molar-refractivity contribution in [3.8, 4) is 0 Å². The molecule has 0 aromatic heterocycles. The van der Waals surface area contributed by atoms with Gasteiger partial charge in [0.05, 0.1) is 5.25 Å². The summed E-state index contributed by atoms with van der Waals surface area (Å²) >= 11 is 1.70. The summed E-state index contributed by atoms with van der Waals surface area (Å²) in [4.78, 5) is 16.1. The van der Waals surface area contributed by atoms with Gasteiger partial charge in [-0.1, -0.05) is 48.5 Å². The molecule has 1 heterocycles. The Balaban J connectivity index is 1.71. The summed E-state index contributed by atoms with van der Waals surface area (Å²) in [6.45, 7) is 2.87. The van der Waals surface area contributed by atoms with E-state index in [4.69, 9.17) is 0 Å². The summed E-state index contributed by atoms with van der Waals surface area (Å²) in [5.41, 5.74) is 1.20. The number of rotatable bonds is 4. The van der Waals surface area contributed by atoms with E-state index in [1.165, 1.54) is 10.5 Å². The zero-order valence-corrected chi connectivity index (χ0v) is 13.6. The lowest BCUT2D eigenvalue weighted by Gasteiger charge is -2.37. The standard InChI is InChI=1S/C19H21NOS/c1-15-12-13-18(22-17-10-6-3-7-11-17)19(21)20(15)14-16-8-4-2-5-9-16/h2-11,15,18H,12-14H2,1H3. The van der Waals surface area contributed by atoms with E-state index in [1.807, 2.05) is 41.3 Å². The van der Waals surface area contributed by atoms with Gasteiger partial charge in [0, 0.05) is 17.5 Å². The van der Waals surface area contributed by atoms with Crippen molar-refractivity contribution in [3.05, 3.63) is 66.2 Å². The van der Waals surface area contributed by atoms with Gasteiger partial charge in [0.2, 0.25) is 5.91 Å². The van der Waals surface area contributed by atoms with Crippen molar-refractivity contribution < 1.29 is 4.79 Å². The van der Waals surface area contributed by atoms with Crippen LogP contribution in [0.4, 0.5) is 0 Å². The molecule has 3 rings (SSSR count). The van der Waals surface area contributed by atoms with E-state index in [1.54, 1.807) is 11.8 Å². The first kappa shape index (κ1) is 15.2. The van der Waals surface area contributed by atoms with Crippen LogP contribution in [0.5, 0.6) is 0 Å². The predicted octanol–water partition coefficient (Wildman–Crippen LogP) is 4.36. The highest BCUT2D eigenvalue weighted by atomic mass is 32.2. The summed E-state index contributed by atoms with van der Waals surface area (Å²) in [7, 11) is 0. The summed E-state index contributed by atoms with van der Waals surface area (Å²) in [5.74, 6) is 0.274. The molecule has 114 valence electrons. The highest BCUT2D eigenvalue weighted by Gasteiger charge is 2.33. The number of piperidine rings is 1. The zero-order chi connectivity index (χ0) is 15.4. The number of amides is 1. The predicted molar refractivity (Wildman–Crippen MR) is 91.8 cm³/mol. The molecule has 1 aliphatic heterocycles. The minimum atomic E-state index is 0.0438. The van der Waals surface area contributed by atoms with Gasteiger partial charge in [0.25, 0.3) is 0 Å². The second-order valence-corrected chi connectivity index (χ2v) is 7.07. The highest BCUT2D eigenvalue weighted by molar-refractivity contribution is 8.00. The quantitative estimate of drug-likeness (QED) is 0.836. The molecule has 1 fully saturated rings. The Kier molecular flexibility index (Phi) is 4.84. The van der Waals surface area contributed by atoms with E-state index < -0.39 is 0 Å². The third-order valence-corrected chi connectivity index (χ3v) is 5.42. The average molecular weight is 311 g/mol. The molecule has 3 heteroatoms. The number of benzene rings is 2. The number of hydrogen-bond acceptors (Lipinski definition) is 2. The third kappa shape index (κ3) is 3.53. The fourth-order valence-corrected chi connectivity index (χ4v) is 3.99. The smallest absolute Gasteiger partial charge is 0.236 e. The Morgan fingerprint density at radius 1 is 1.00 bits per heavy atom. The second-order valence-electron chi connectivity index (χ2n) is 5.80. The number of likely N-dealkylation sites (tertiary alicyclic amines) is 1. The molecule has 1 saturated heterocycles. The topological polar surface area (TPSA) is 20.3 Å². The Labute approximate surface area is 136 Å². The SMILES string of the molecule is CC1CCC(Sc2ccccc2)C(=O)N1Cc1ccccc1. The van der Waals surface area contributed by atoms with Crippen molar-refractivity contribution in [2.45, 2.75) is 42.5 Å². The van der Waals surface area contributed by atoms with Gasteiger partial charge in [0.1, 0.15) is 0 Å². The van der Waals surface area contributed by atoms with Crippen molar-refractivity contribution in [1.29, 1.82) is 0 Å². The molecular formula is C19H21NOS. The maximum Gasteiger partial charge on any atom is 0.236 e. The zero-order valence-electron chi connectivity index (χ0n) is 12.8. The lowest BCUT2D eigenvalue weighted by atomic mass is 10.0. The van der Waals surface area contributed by atoms with Crippen LogP contribution in [0.15, 0.2) is 65.6 Å². The van der Waals surface area contributed by atoms with Crippen molar-refractivity contribution in [2.24, 2.45) is 0 Å². The van der Waals surface area contributed by atoms with Crippen LogP contribution in [0.1, 0.15) is 25.3 Å². The molecule has 22 heavy (non-hydrogen) atoms. The molecule has 0 aliphatic carbocycles. The van der Waals surface area contributed by atoms with Gasteiger partial charge in [-0.05, 0) is 37.5 Å². The fourth-order valence-electron chi connectivity index (χ4n) is 2.86. The van der Waals surface area contributed by atoms with Gasteiger partial charge in [0.15, 0.2) is 0 Å². The molecule has 0 N–H and O–H groups in total. The molecule has 0 bridgehead atoms. The molecule has 2 aromatic rings. The molecular weight excluding hydrogens is 290 g/mol. The van der Waals surface area contributed by atoms with Crippen LogP contribution in [0, 0.1) is 0 Å². The van der Waals surface area contributed by atoms with E-state index in [-0.39, 0.29) is 11.2 Å². The summed E-state index contributed by atoms with van der Waals surface area (Å²) in [5, 5.41) is 0.0438. The van der Waals surface area contributed by atoms with E-state index in [9.17, 15) is 4.79 Å². The van der Waals surface area contributed by atoms with Crippen LogP contribution in [-0.2, 0) is 11.3 Å². The Morgan fingerprint density at radius 2 is 1.64 bits per heavy atom. The van der Waals surface area contributed by atoms with E-state index in [2.05, 4.69) is 31.2 Å². The van der Waals surface area contributed by atoms with Gasteiger partial charge in [-0.3, -0.25) is 4.79 Å². The van der Waals surface area contributed by atoms with E-state index in [0.717, 1.165) is 12.8 Å². The number of carbonyl (C=O) groups is 1. The Morgan fingerprint density at radius 3 is 2.32 bits per heavy atom. The van der Waals surface area contributed by atoms with E-state index in [0.29, 0.717) is 12.6 Å². The van der Waals surface area contributed by atoms with Crippen molar-refractivity contribution in [1.82, 2.24) is 4.90 Å². The highest BCUT2D eigenvalue weighted by Crippen LogP contribution is 2.33. The van der Waals surface area contributed by atoms with Crippen LogP contribution < -0.4 is 0 Å². The first-order valence-electron chi connectivity index (χ1n) is 7.80. The van der Waals surface area contributed by atoms with Crippen molar-refractivity contribution in [2.75, 3.05) is 0 Å². The van der Waals surface area contributed by atoms with E-state index >= 15 is 0 Å². The molecule has 0 spiro atoms. The monoisotopic (exact) mass is 311 g/mol. The summed E-state index contributed by atoms with van der Waals surface area (Å²) in [6, 6.07) is 20.8. The average Bonchev–Trinajstić information content (AvgIpc) is 2.56. The van der Waals surface area contributed by atoms with Crippen LogP contribution in [0.3, 0.4) is 0 Å². The van der Waals surface area contributed by atoms with Crippen LogP contribution in [0.25, 0.3) is 0 Å². The minimum Gasteiger partial charge on any atom is -0.335 e. The fraction of sp³-hybridized carbons (Fsp3) is 0.316. The molecule has 2 nitrogen and oxygen atoms in total. The molecule has 1 amide bonds. The number of nitrogens with zero attached hydrogens (tertiary/aromatic N) is 1. The summed E-state index contributed by atoms with van der Waals surface area (Å²) in [6.07, 6.45) is 2.04. The summed E-state index contributed by atoms with van der Waals surface area (Å²) < 4.78 is 0. The Hall–Kier alpha value is -1.74. The van der Waals surface area contributed by atoms with Gasteiger partial charge >= 0.3 is 0 Å². The van der Waals surface area contributed by atoms with Gasteiger partial charge in [-0.2, -0.15) is 0 Å². The minimum absolute atomic E-state index is 0.0438. The molecule has 0 saturated carbocycles. The Bertz CT molecular complexity index is 614. The lowest BCUT2D eigenvalue weighted by molar-refractivity contribution is -0.135. The number of thioether (sulfide) groups is 1. The van der Waals surface area contributed by atoms with Gasteiger partial charge < -0.3 is 4.90 Å². The maximum absolute atomic E-state index is 12.8. The first-order chi connectivity index (χ1) is 10.7. The normalized spacial score (nSPS) is 21.9. The van der Waals surface area contributed by atoms with Crippen LogP contribution in [-0.4, -0.2) is 22.1 Å². The first-order valence-corrected chi connectivity index (χ1v) is 8.68. The lowest BCUT2D eigenvalue weighted by Crippen LogP contribution is -2.47. The van der Waals surface area contributed by atoms with Gasteiger partial charge in [-0.15, -0.1) is 11.8 Å². The molecule has 2 aromatic carbocycles. The van der Waals surface area contributed by atoms with Crippen molar-refractivity contribution in [3.63, 3.8) is 0 Å². The molecule has 2 unspecified atom stereocenters. The number of hydrogen-bond donors (Lipinski definition) is 0. The largest absolute Gasteiger partial charge is 0.335 e. The van der Waals surface area contributed by atoms with Gasteiger partial charge in [-0.25, -0.2) is 0 Å². The molecule has 0 radical (unpaired) electrons. The molecule has 1 aliphatic rings. The van der Waals surface area contributed by atoms with Crippen LogP contribution in [0.2, 0.25) is 0 Å². The molecule has 2 atom stereocenters. The third-order valence-electron chi connectivity index (χ3n) is 4.15. The van der Waals surface area contributed by atoms with Crippen molar-refractivity contribution >= 4 is 17.7 Å². The van der Waals surface area contributed by atoms with Crippen LogP contribution >= 0.6 is 11.8 Å².